The number of amides is 2. The lowest BCUT2D eigenvalue weighted by Crippen LogP contribution is -2.25. The highest BCUT2D eigenvalue weighted by Crippen LogP contribution is 2.33. The predicted molar refractivity (Wildman–Crippen MR) is 263 cm³/mol. The SMILES string of the molecule is COc1ccc(Oc2cc(NCC3CCOCC3)c3ncc(-c4ccc(C(=O)NC5CC5)cc4)n3n2)c(F)c1.O=C(NC1CC1)c1ccc(-c2cnc3c(NCC4CCOCC4)cc(Br)nn23)cc1. The molecule has 4 aliphatic rings. The third-order valence-electron chi connectivity index (χ3n) is 12.8. The maximum absolute atomic E-state index is 14.7. The van der Waals surface area contributed by atoms with E-state index >= 15 is 0 Å². The first kappa shape index (κ1) is 46.1. The van der Waals surface area contributed by atoms with Crippen LogP contribution >= 0.6 is 15.9 Å². The van der Waals surface area contributed by atoms with Gasteiger partial charge in [-0.05, 0) is 122 Å². The van der Waals surface area contributed by atoms with Crippen molar-refractivity contribution in [3.63, 3.8) is 0 Å². The number of fused-ring (bicyclic) bond motifs is 2. The molecule has 6 heterocycles. The summed E-state index contributed by atoms with van der Waals surface area (Å²) in [5.74, 6) is 1.08. The van der Waals surface area contributed by atoms with E-state index in [-0.39, 0.29) is 23.4 Å². The Kier molecular flexibility index (Phi) is 14.0. The van der Waals surface area contributed by atoms with Crippen LogP contribution in [0.5, 0.6) is 17.4 Å². The van der Waals surface area contributed by atoms with Gasteiger partial charge < -0.3 is 40.2 Å². The average Bonchev–Trinajstić information content (AvgIpc) is 4.30. The number of carbonyl (C=O) groups excluding carboxylic acids is 2. The molecule has 3 aromatic carbocycles. The van der Waals surface area contributed by atoms with E-state index in [2.05, 4.69) is 57.4 Å². The topological polar surface area (TPSA) is 180 Å². The molecule has 0 unspecified atom stereocenters. The molecule has 2 aliphatic heterocycles. The number of anilines is 2. The maximum Gasteiger partial charge on any atom is 0.251 e. The first-order valence-electron chi connectivity index (χ1n) is 23.6. The summed E-state index contributed by atoms with van der Waals surface area (Å²) in [6.07, 6.45) is 11.9. The smallest absolute Gasteiger partial charge is 0.251 e. The fraction of sp³-hybridized carbons (Fsp3) is 0.373. The number of methoxy groups -OCH3 is 1. The van der Waals surface area contributed by atoms with Crippen molar-refractivity contribution in [2.24, 2.45) is 11.8 Å². The summed E-state index contributed by atoms with van der Waals surface area (Å²) < 4.78 is 40.9. The van der Waals surface area contributed by atoms with Gasteiger partial charge in [0.25, 0.3) is 11.8 Å². The van der Waals surface area contributed by atoms with E-state index in [1.807, 2.05) is 53.2 Å². The lowest BCUT2D eigenvalue weighted by Gasteiger charge is -2.22. The summed E-state index contributed by atoms with van der Waals surface area (Å²) in [6.45, 7) is 4.82. The lowest BCUT2D eigenvalue weighted by molar-refractivity contribution is 0.0698. The van der Waals surface area contributed by atoms with Gasteiger partial charge in [0.05, 0.1) is 42.3 Å². The first-order valence-corrected chi connectivity index (χ1v) is 24.4. The molecule has 11 rings (SSSR count). The Balaban J connectivity index is 0.000000166. The van der Waals surface area contributed by atoms with Gasteiger partial charge in [0.1, 0.15) is 10.4 Å². The zero-order valence-corrected chi connectivity index (χ0v) is 39.8. The number of benzene rings is 3. The predicted octanol–water partition coefficient (Wildman–Crippen LogP) is 8.96. The summed E-state index contributed by atoms with van der Waals surface area (Å²) in [7, 11) is 1.48. The van der Waals surface area contributed by atoms with Gasteiger partial charge >= 0.3 is 0 Å². The number of hydrogen-bond acceptors (Lipinski definition) is 12. The highest BCUT2D eigenvalue weighted by Gasteiger charge is 2.26. The van der Waals surface area contributed by atoms with Crippen molar-refractivity contribution in [1.29, 1.82) is 0 Å². The van der Waals surface area contributed by atoms with Gasteiger partial charge in [-0.1, -0.05) is 24.3 Å². The average molecular weight is 1000 g/mol. The Morgan fingerprint density at radius 2 is 1.16 bits per heavy atom. The van der Waals surface area contributed by atoms with Crippen molar-refractivity contribution < 1.29 is 32.9 Å². The molecule has 0 radical (unpaired) electrons. The van der Waals surface area contributed by atoms with E-state index in [4.69, 9.17) is 18.9 Å². The largest absolute Gasteiger partial charge is 0.497 e. The summed E-state index contributed by atoms with van der Waals surface area (Å²) >= 11 is 3.53. The Labute approximate surface area is 406 Å². The van der Waals surface area contributed by atoms with Gasteiger partial charge in [-0.3, -0.25) is 9.59 Å². The number of imidazole rings is 2. The fourth-order valence-electron chi connectivity index (χ4n) is 8.38. The van der Waals surface area contributed by atoms with Gasteiger partial charge in [0, 0.05) is 86.0 Å². The van der Waals surface area contributed by atoms with Crippen molar-refractivity contribution in [2.75, 3.05) is 57.3 Å². The summed E-state index contributed by atoms with van der Waals surface area (Å²) in [4.78, 5) is 33.9. The number of nitrogens with one attached hydrogen (secondary N) is 4. The van der Waals surface area contributed by atoms with Crippen molar-refractivity contribution in [3.8, 4) is 39.9 Å². The minimum Gasteiger partial charge on any atom is -0.497 e. The molecule has 4 aromatic heterocycles. The van der Waals surface area contributed by atoms with Crippen molar-refractivity contribution in [1.82, 2.24) is 39.8 Å². The molecule has 7 aromatic rings. The van der Waals surface area contributed by atoms with Crippen LogP contribution in [0.3, 0.4) is 0 Å². The van der Waals surface area contributed by atoms with Crippen LogP contribution in [0, 0.1) is 17.7 Å². The molecule has 0 spiro atoms. The van der Waals surface area contributed by atoms with E-state index in [1.165, 1.54) is 19.2 Å². The molecule has 2 aliphatic carbocycles. The van der Waals surface area contributed by atoms with Gasteiger partial charge in [-0.25, -0.2) is 23.4 Å². The second kappa shape index (κ2) is 20.9. The summed E-state index contributed by atoms with van der Waals surface area (Å²) in [5, 5.41) is 22.3. The Morgan fingerprint density at radius 3 is 1.64 bits per heavy atom. The number of halogens is 2. The number of nitrogens with zero attached hydrogens (tertiary/aromatic N) is 6. The fourth-order valence-corrected chi connectivity index (χ4v) is 8.77. The molecular formula is C51H54BrFN10O6. The standard InChI is InChI=1S/C29H30FN5O4.C22H24BrN5O2/c1-37-22-8-9-26(23(30)14-22)39-27-15-24(31-16-18-10-12-38-13-11-18)28-32-17-25(35(28)34-27)19-2-4-20(5-3-19)29(36)33-21-6-7-21;23-20-11-18(24-12-14-7-9-30-10-8-14)21-25-13-19(28(21)27-20)15-1-3-16(4-2-15)22(29)26-17-5-6-17/h2-5,8-9,14-15,17-18,21,31H,6-7,10-13,16H2,1H3,(H,33,36);1-4,11,13-14,17,24H,5-10,12H2,(H,26,29). The monoisotopic (exact) mass is 1000 g/mol. The quantitative estimate of drug-likeness (QED) is 0.0768. The van der Waals surface area contributed by atoms with E-state index < -0.39 is 5.82 Å². The maximum atomic E-state index is 14.7. The Morgan fingerprint density at radius 1 is 0.667 bits per heavy atom. The van der Waals surface area contributed by atoms with Crippen LogP contribution in [0.4, 0.5) is 15.8 Å². The van der Waals surface area contributed by atoms with Crippen LogP contribution in [0.2, 0.25) is 0 Å². The van der Waals surface area contributed by atoms with Gasteiger partial charge in [-0.15, -0.1) is 5.10 Å². The summed E-state index contributed by atoms with van der Waals surface area (Å²) in [5.41, 5.74) is 7.77. The molecule has 2 saturated heterocycles. The van der Waals surface area contributed by atoms with E-state index in [0.29, 0.717) is 52.1 Å². The minimum absolute atomic E-state index is 0.0114. The second-order valence-corrected chi connectivity index (χ2v) is 18.8. The van der Waals surface area contributed by atoms with Gasteiger partial charge in [-0.2, -0.15) is 5.10 Å². The molecule has 358 valence electrons. The first-order chi connectivity index (χ1) is 33.7. The molecule has 18 heteroatoms. The normalized spacial score (nSPS) is 16.4. The number of ether oxygens (including phenoxy) is 4. The third-order valence-corrected chi connectivity index (χ3v) is 13.2. The van der Waals surface area contributed by atoms with Crippen molar-refractivity contribution >= 4 is 50.4 Å². The van der Waals surface area contributed by atoms with Crippen LogP contribution in [0.15, 0.2) is 95.9 Å². The van der Waals surface area contributed by atoms with Gasteiger partial charge in [0.2, 0.25) is 5.88 Å². The zero-order valence-electron chi connectivity index (χ0n) is 38.3. The van der Waals surface area contributed by atoms with Crippen molar-refractivity contribution in [3.05, 3.63) is 113 Å². The molecule has 4 N–H and O–H groups in total. The molecule has 2 amide bonds. The van der Waals surface area contributed by atoms with Crippen LogP contribution < -0.4 is 30.7 Å². The second-order valence-electron chi connectivity index (χ2n) is 18.0. The summed E-state index contributed by atoms with van der Waals surface area (Å²) in [6, 6.07) is 23.7. The molecule has 69 heavy (non-hydrogen) atoms. The Bertz CT molecular complexity index is 2930. The highest BCUT2D eigenvalue weighted by atomic mass is 79.9. The Hall–Kier alpha value is -6.63. The number of carbonyl (C=O) groups is 2. The molecule has 16 nitrogen and oxygen atoms in total. The van der Waals surface area contributed by atoms with Crippen molar-refractivity contribution in [2.45, 2.75) is 63.5 Å². The molecule has 0 atom stereocenters. The van der Waals surface area contributed by atoms with E-state index in [9.17, 15) is 14.0 Å². The van der Waals surface area contributed by atoms with E-state index in [0.717, 1.165) is 129 Å². The molecular weight excluding hydrogens is 948 g/mol. The number of hydrogen-bond donors (Lipinski definition) is 4. The third kappa shape index (κ3) is 11.3. The zero-order chi connectivity index (χ0) is 47.3. The van der Waals surface area contributed by atoms with Crippen LogP contribution in [0.25, 0.3) is 33.8 Å². The lowest BCUT2D eigenvalue weighted by atomic mass is 10.0. The van der Waals surface area contributed by atoms with Gasteiger partial charge in [0.15, 0.2) is 22.9 Å². The molecule has 4 fully saturated rings. The minimum atomic E-state index is -0.557. The number of aromatic nitrogens is 6. The van der Waals surface area contributed by atoms with Crippen LogP contribution in [0.1, 0.15) is 72.1 Å². The van der Waals surface area contributed by atoms with E-state index in [1.54, 1.807) is 35.0 Å². The molecule has 2 saturated carbocycles. The highest BCUT2D eigenvalue weighted by molar-refractivity contribution is 9.10. The molecule has 0 bridgehead atoms. The van der Waals surface area contributed by atoms with Crippen LogP contribution in [-0.4, -0.2) is 99.7 Å². The number of rotatable bonds is 15. The van der Waals surface area contributed by atoms with Crippen LogP contribution in [-0.2, 0) is 9.47 Å².